The van der Waals surface area contributed by atoms with Crippen LogP contribution in [0.5, 0.6) is 5.75 Å². The number of fused-ring (bicyclic) bond motifs is 1. The summed E-state index contributed by atoms with van der Waals surface area (Å²) in [5.41, 5.74) is 2.67. The molecule has 0 radical (unpaired) electrons. The third-order valence-corrected chi connectivity index (χ3v) is 7.85. The molecule has 154 valence electrons. The summed E-state index contributed by atoms with van der Waals surface area (Å²) in [4.78, 5) is 14.4. The number of aryl methyl sites for hydroxylation is 2. The van der Waals surface area contributed by atoms with Gasteiger partial charge in [0.05, 0.1) is 4.90 Å². The van der Waals surface area contributed by atoms with E-state index < -0.39 is 10.0 Å². The number of piperazine rings is 1. The van der Waals surface area contributed by atoms with Crippen LogP contribution in [0.25, 0.3) is 0 Å². The first-order valence-electron chi connectivity index (χ1n) is 9.71. The minimum Gasteiger partial charge on any atom is -0.484 e. The molecule has 0 bridgehead atoms. The smallest absolute Gasteiger partial charge is 0.260 e. The molecule has 29 heavy (non-hydrogen) atoms. The second-order valence-electron chi connectivity index (χ2n) is 7.31. The standard InChI is InChI=1S/C21H23BrN2O4S/c22-18-5-2-6-20(14-18)29(26,27)24-11-9-23(10-12-24)21(25)15-28-19-8-7-16-3-1-4-17(16)13-19/h2,5-8,13-14H,1,3-4,9-12,15H2. The van der Waals surface area contributed by atoms with Crippen LogP contribution in [0.2, 0.25) is 0 Å². The molecule has 1 saturated heterocycles. The van der Waals surface area contributed by atoms with Crippen molar-refractivity contribution in [3.63, 3.8) is 0 Å². The van der Waals surface area contributed by atoms with E-state index in [1.54, 1.807) is 29.2 Å². The van der Waals surface area contributed by atoms with E-state index in [1.807, 2.05) is 12.1 Å². The largest absolute Gasteiger partial charge is 0.484 e. The Morgan fingerprint density at radius 2 is 1.76 bits per heavy atom. The SMILES string of the molecule is O=C(COc1ccc2c(c1)CCC2)N1CCN(S(=O)(=O)c2cccc(Br)c2)CC1. The van der Waals surface area contributed by atoms with E-state index in [2.05, 4.69) is 22.0 Å². The van der Waals surface area contributed by atoms with Crippen LogP contribution in [-0.4, -0.2) is 56.3 Å². The van der Waals surface area contributed by atoms with Gasteiger partial charge in [0.1, 0.15) is 5.75 Å². The summed E-state index contributed by atoms with van der Waals surface area (Å²) in [6.45, 7) is 1.25. The Balaban J connectivity index is 1.31. The van der Waals surface area contributed by atoms with Crippen molar-refractivity contribution in [2.75, 3.05) is 32.8 Å². The zero-order valence-electron chi connectivity index (χ0n) is 16.0. The maximum Gasteiger partial charge on any atom is 0.260 e. The van der Waals surface area contributed by atoms with E-state index in [0.717, 1.165) is 23.1 Å². The van der Waals surface area contributed by atoms with E-state index in [-0.39, 0.29) is 30.5 Å². The molecule has 2 aliphatic rings. The number of carbonyl (C=O) groups is 1. The van der Waals surface area contributed by atoms with Gasteiger partial charge < -0.3 is 9.64 Å². The first kappa shape index (κ1) is 20.4. The molecule has 1 heterocycles. The topological polar surface area (TPSA) is 66.9 Å². The number of hydrogen-bond acceptors (Lipinski definition) is 4. The van der Waals surface area contributed by atoms with E-state index in [4.69, 9.17) is 4.74 Å². The summed E-state index contributed by atoms with van der Waals surface area (Å²) in [6, 6.07) is 12.7. The number of carbonyl (C=O) groups excluding carboxylic acids is 1. The van der Waals surface area contributed by atoms with Gasteiger partial charge in [-0.2, -0.15) is 4.31 Å². The number of halogens is 1. The Morgan fingerprint density at radius 1 is 1.00 bits per heavy atom. The second kappa shape index (κ2) is 8.45. The Labute approximate surface area is 179 Å². The number of sulfonamides is 1. The van der Waals surface area contributed by atoms with Crippen LogP contribution in [0.3, 0.4) is 0 Å². The number of hydrogen-bond donors (Lipinski definition) is 0. The van der Waals surface area contributed by atoms with Gasteiger partial charge in [-0.15, -0.1) is 0 Å². The Hall–Kier alpha value is -1.90. The van der Waals surface area contributed by atoms with Crippen molar-refractivity contribution in [1.82, 2.24) is 9.21 Å². The molecule has 0 saturated carbocycles. The van der Waals surface area contributed by atoms with E-state index in [9.17, 15) is 13.2 Å². The van der Waals surface area contributed by atoms with Crippen LogP contribution < -0.4 is 4.74 Å². The lowest BCUT2D eigenvalue weighted by atomic mass is 10.1. The molecule has 4 rings (SSSR count). The van der Waals surface area contributed by atoms with Gasteiger partial charge in [-0.3, -0.25) is 4.79 Å². The van der Waals surface area contributed by atoms with Gasteiger partial charge in [-0.25, -0.2) is 8.42 Å². The molecule has 8 heteroatoms. The van der Waals surface area contributed by atoms with Gasteiger partial charge in [0, 0.05) is 30.7 Å². The lowest BCUT2D eigenvalue weighted by molar-refractivity contribution is -0.134. The number of ether oxygens (including phenoxy) is 1. The fraction of sp³-hybridized carbons (Fsp3) is 0.381. The maximum absolute atomic E-state index is 12.8. The van der Waals surface area contributed by atoms with Gasteiger partial charge >= 0.3 is 0 Å². The molecule has 1 aliphatic heterocycles. The first-order valence-corrected chi connectivity index (χ1v) is 11.9. The van der Waals surface area contributed by atoms with Crippen molar-refractivity contribution in [1.29, 1.82) is 0 Å². The highest BCUT2D eigenvalue weighted by atomic mass is 79.9. The van der Waals surface area contributed by atoms with Gasteiger partial charge in [0.2, 0.25) is 10.0 Å². The third kappa shape index (κ3) is 4.49. The monoisotopic (exact) mass is 478 g/mol. The molecular formula is C21H23BrN2O4S. The van der Waals surface area contributed by atoms with Crippen molar-refractivity contribution in [3.05, 3.63) is 58.1 Å². The van der Waals surface area contributed by atoms with Crippen LogP contribution in [0.15, 0.2) is 51.8 Å². The number of rotatable bonds is 5. The van der Waals surface area contributed by atoms with Gasteiger partial charge in [0.25, 0.3) is 5.91 Å². The summed E-state index contributed by atoms with van der Waals surface area (Å²) in [5.74, 6) is 0.597. The summed E-state index contributed by atoms with van der Waals surface area (Å²) in [6.07, 6.45) is 3.35. The van der Waals surface area contributed by atoms with Crippen LogP contribution >= 0.6 is 15.9 Å². The lowest BCUT2D eigenvalue weighted by Crippen LogP contribution is -2.51. The molecule has 2 aromatic carbocycles. The van der Waals surface area contributed by atoms with Crippen LogP contribution in [0.1, 0.15) is 17.5 Å². The van der Waals surface area contributed by atoms with Crippen LogP contribution in [0.4, 0.5) is 0 Å². The van der Waals surface area contributed by atoms with Gasteiger partial charge in [-0.05, 0) is 60.7 Å². The predicted octanol–water partition coefficient (Wildman–Crippen LogP) is 2.85. The molecule has 6 nitrogen and oxygen atoms in total. The van der Waals surface area contributed by atoms with Crippen LogP contribution in [0, 0.1) is 0 Å². The lowest BCUT2D eigenvalue weighted by Gasteiger charge is -2.34. The zero-order chi connectivity index (χ0) is 20.4. The van der Waals surface area contributed by atoms with Gasteiger partial charge in [0.15, 0.2) is 6.61 Å². The van der Waals surface area contributed by atoms with E-state index in [0.29, 0.717) is 13.1 Å². The molecule has 1 aliphatic carbocycles. The van der Waals surface area contributed by atoms with Crippen molar-refractivity contribution < 1.29 is 17.9 Å². The zero-order valence-corrected chi connectivity index (χ0v) is 18.4. The van der Waals surface area contributed by atoms with Crippen molar-refractivity contribution in [2.24, 2.45) is 0 Å². The van der Waals surface area contributed by atoms with Gasteiger partial charge in [-0.1, -0.05) is 28.1 Å². The highest BCUT2D eigenvalue weighted by Crippen LogP contribution is 2.26. The summed E-state index contributed by atoms with van der Waals surface area (Å²) in [5, 5.41) is 0. The van der Waals surface area contributed by atoms with E-state index in [1.165, 1.54) is 21.9 Å². The Bertz CT molecular complexity index is 1020. The molecule has 0 unspecified atom stereocenters. The highest BCUT2D eigenvalue weighted by molar-refractivity contribution is 9.10. The molecule has 2 aromatic rings. The minimum atomic E-state index is -3.56. The fourth-order valence-electron chi connectivity index (χ4n) is 3.83. The molecule has 0 atom stereocenters. The first-order chi connectivity index (χ1) is 13.9. The predicted molar refractivity (Wildman–Crippen MR) is 113 cm³/mol. The number of benzene rings is 2. The summed E-state index contributed by atoms with van der Waals surface area (Å²) in [7, 11) is -3.56. The fourth-order valence-corrected chi connectivity index (χ4v) is 5.85. The summed E-state index contributed by atoms with van der Waals surface area (Å²) >= 11 is 3.31. The summed E-state index contributed by atoms with van der Waals surface area (Å²) < 4.78 is 33.4. The highest BCUT2D eigenvalue weighted by Gasteiger charge is 2.30. The molecular weight excluding hydrogens is 456 g/mol. The molecule has 0 N–H and O–H groups in total. The number of amides is 1. The average Bonchev–Trinajstić information content (AvgIpc) is 3.20. The average molecular weight is 479 g/mol. The quantitative estimate of drug-likeness (QED) is 0.662. The second-order valence-corrected chi connectivity index (χ2v) is 10.2. The van der Waals surface area contributed by atoms with Crippen molar-refractivity contribution in [2.45, 2.75) is 24.2 Å². The molecule has 0 spiro atoms. The molecule has 0 aromatic heterocycles. The normalized spacial score (nSPS) is 17.2. The Morgan fingerprint density at radius 3 is 2.52 bits per heavy atom. The van der Waals surface area contributed by atoms with E-state index >= 15 is 0 Å². The van der Waals surface area contributed by atoms with Crippen molar-refractivity contribution in [3.8, 4) is 5.75 Å². The maximum atomic E-state index is 12.8. The Kier molecular flexibility index (Phi) is 5.94. The minimum absolute atomic E-state index is 0.0306. The number of nitrogens with zero attached hydrogens (tertiary/aromatic N) is 2. The van der Waals surface area contributed by atoms with Crippen LogP contribution in [-0.2, 0) is 27.7 Å². The third-order valence-electron chi connectivity index (χ3n) is 5.46. The molecule has 1 amide bonds. The molecule has 1 fully saturated rings. The van der Waals surface area contributed by atoms with Crippen molar-refractivity contribution >= 4 is 31.9 Å².